The lowest BCUT2D eigenvalue weighted by Gasteiger charge is -2.25. The maximum absolute atomic E-state index is 12.2. The summed E-state index contributed by atoms with van der Waals surface area (Å²) >= 11 is 0. The molecule has 228 valence electrons. The molecule has 0 fully saturated rings. The summed E-state index contributed by atoms with van der Waals surface area (Å²) in [6.45, 7) is 21.6. The van der Waals surface area contributed by atoms with E-state index in [1.807, 2.05) is 39.0 Å². The van der Waals surface area contributed by atoms with Gasteiger partial charge in [-0.25, -0.2) is 4.98 Å². The van der Waals surface area contributed by atoms with Crippen LogP contribution in [0.1, 0.15) is 105 Å². The minimum atomic E-state index is -0.328. The Morgan fingerprint density at radius 3 is 2.15 bits per heavy atom. The van der Waals surface area contributed by atoms with Crippen molar-refractivity contribution in [3.63, 3.8) is 0 Å². The molecule has 2 aromatic carbocycles. The van der Waals surface area contributed by atoms with Gasteiger partial charge in [0.15, 0.2) is 0 Å². The van der Waals surface area contributed by atoms with Crippen molar-refractivity contribution in [2.45, 2.75) is 113 Å². The van der Waals surface area contributed by atoms with E-state index in [0.29, 0.717) is 5.91 Å². The summed E-state index contributed by atoms with van der Waals surface area (Å²) < 4.78 is 4.80. The SMILES string of the molecule is CC(=O)OC(C)(C)C.CCCCC(C)C(=O)N(CCC)CCCC.Cc1ccc(C)c(-c2nc3ccccc3[nH]2)c1. The normalized spacial score (nSPS) is 11.6. The Hall–Kier alpha value is -3.15. The number of fused-ring (bicyclic) bond motifs is 1. The number of aryl methyl sites for hydroxylation is 2. The van der Waals surface area contributed by atoms with Gasteiger partial charge >= 0.3 is 5.97 Å². The van der Waals surface area contributed by atoms with Crippen LogP contribution in [0.5, 0.6) is 0 Å². The summed E-state index contributed by atoms with van der Waals surface area (Å²) in [7, 11) is 0. The molecule has 0 saturated carbocycles. The van der Waals surface area contributed by atoms with Crippen molar-refractivity contribution in [2.75, 3.05) is 13.1 Å². The van der Waals surface area contributed by atoms with Crippen molar-refractivity contribution in [3.8, 4) is 11.4 Å². The highest BCUT2D eigenvalue weighted by atomic mass is 16.6. The van der Waals surface area contributed by atoms with E-state index in [-0.39, 0.29) is 17.5 Å². The standard InChI is InChI=1S/C15H14N2.C14H29NO.C6H12O2/c1-10-7-8-11(2)12(9-10)15-16-13-5-3-4-6-14(13)17-15;1-5-8-10-13(4)14(16)15(11-7-3)12-9-6-2;1-5(7)8-6(2,3)4/h3-9H,1-2H3,(H,16,17);13H,5-12H2,1-4H3;1-4H3. The van der Waals surface area contributed by atoms with Gasteiger partial charge in [0.25, 0.3) is 0 Å². The number of imidazole rings is 1. The van der Waals surface area contributed by atoms with Gasteiger partial charge in [0.1, 0.15) is 11.4 Å². The van der Waals surface area contributed by atoms with Crippen molar-refractivity contribution in [1.29, 1.82) is 0 Å². The zero-order chi connectivity index (χ0) is 31.0. The molecular formula is C35H55N3O3. The smallest absolute Gasteiger partial charge is 0.303 e. The number of nitrogens with one attached hydrogen (secondary N) is 1. The zero-order valence-corrected chi connectivity index (χ0v) is 27.4. The van der Waals surface area contributed by atoms with Crippen molar-refractivity contribution < 1.29 is 14.3 Å². The van der Waals surface area contributed by atoms with Crippen molar-refractivity contribution in [3.05, 3.63) is 53.6 Å². The molecule has 1 unspecified atom stereocenters. The quantitative estimate of drug-likeness (QED) is 0.249. The number of unbranched alkanes of at least 4 members (excludes halogenated alkanes) is 2. The second-order valence-electron chi connectivity index (χ2n) is 11.8. The van der Waals surface area contributed by atoms with Gasteiger partial charge < -0.3 is 14.6 Å². The number of rotatable bonds is 10. The molecule has 1 aromatic heterocycles. The Morgan fingerprint density at radius 2 is 1.61 bits per heavy atom. The van der Waals surface area contributed by atoms with Gasteiger partial charge in [0.05, 0.1) is 11.0 Å². The lowest BCUT2D eigenvalue weighted by atomic mass is 10.0. The van der Waals surface area contributed by atoms with E-state index in [1.165, 1.54) is 36.5 Å². The number of carbonyl (C=O) groups is 2. The van der Waals surface area contributed by atoms with Crippen LogP contribution in [0.3, 0.4) is 0 Å². The van der Waals surface area contributed by atoms with Gasteiger partial charge in [-0.3, -0.25) is 9.59 Å². The van der Waals surface area contributed by atoms with Crippen LogP contribution >= 0.6 is 0 Å². The number of para-hydroxylation sites is 2. The Labute approximate surface area is 249 Å². The third-order valence-electron chi connectivity index (χ3n) is 6.49. The number of ether oxygens (including phenoxy) is 1. The monoisotopic (exact) mass is 565 g/mol. The van der Waals surface area contributed by atoms with Crippen LogP contribution in [0.25, 0.3) is 22.4 Å². The molecule has 0 radical (unpaired) electrons. The van der Waals surface area contributed by atoms with Crippen molar-refractivity contribution in [1.82, 2.24) is 14.9 Å². The molecule has 3 aromatic rings. The number of esters is 1. The fourth-order valence-electron chi connectivity index (χ4n) is 4.40. The molecule has 0 spiro atoms. The summed E-state index contributed by atoms with van der Waals surface area (Å²) in [6, 6.07) is 14.5. The lowest BCUT2D eigenvalue weighted by Crippen LogP contribution is -2.36. The first kappa shape index (κ1) is 35.9. The molecule has 41 heavy (non-hydrogen) atoms. The molecule has 0 aliphatic carbocycles. The number of H-pyrrole nitrogens is 1. The second-order valence-corrected chi connectivity index (χ2v) is 11.8. The van der Waals surface area contributed by atoms with Crippen LogP contribution in [0.15, 0.2) is 42.5 Å². The van der Waals surface area contributed by atoms with Gasteiger partial charge in [0.2, 0.25) is 5.91 Å². The van der Waals surface area contributed by atoms with Gasteiger partial charge in [-0.05, 0) is 77.6 Å². The summed E-state index contributed by atoms with van der Waals surface area (Å²) in [6.07, 6.45) is 6.75. The van der Waals surface area contributed by atoms with Crippen LogP contribution in [0.2, 0.25) is 0 Å². The second kappa shape index (κ2) is 18.3. The first-order chi connectivity index (χ1) is 19.3. The van der Waals surface area contributed by atoms with E-state index in [9.17, 15) is 9.59 Å². The molecule has 1 atom stereocenters. The number of aromatic amines is 1. The predicted molar refractivity (Wildman–Crippen MR) is 173 cm³/mol. The zero-order valence-electron chi connectivity index (χ0n) is 27.4. The molecule has 0 aliphatic heterocycles. The molecule has 1 amide bonds. The number of benzene rings is 2. The van der Waals surface area contributed by atoms with Gasteiger partial charge in [0, 0.05) is 31.5 Å². The lowest BCUT2D eigenvalue weighted by molar-refractivity contribution is -0.151. The molecule has 1 N–H and O–H groups in total. The summed E-state index contributed by atoms with van der Waals surface area (Å²) in [5.74, 6) is 1.30. The first-order valence-corrected chi connectivity index (χ1v) is 15.3. The van der Waals surface area contributed by atoms with E-state index < -0.39 is 0 Å². The third-order valence-corrected chi connectivity index (χ3v) is 6.49. The first-order valence-electron chi connectivity index (χ1n) is 15.3. The minimum absolute atomic E-state index is 0.211. The number of amides is 1. The summed E-state index contributed by atoms with van der Waals surface area (Å²) in [5.41, 5.74) is 5.46. The molecule has 3 rings (SSSR count). The molecule has 0 saturated heterocycles. The van der Waals surface area contributed by atoms with Crippen LogP contribution in [-0.4, -0.2) is 45.4 Å². The number of hydrogen-bond donors (Lipinski definition) is 1. The average molecular weight is 566 g/mol. The Bertz CT molecular complexity index is 1160. The van der Waals surface area contributed by atoms with Gasteiger partial charge in [-0.15, -0.1) is 0 Å². The summed E-state index contributed by atoms with van der Waals surface area (Å²) in [4.78, 5) is 32.5. The minimum Gasteiger partial charge on any atom is -0.460 e. The highest BCUT2D eigenvalue weighted by Gasteiger charge is 2.18. The Morgan fingerprint density at radius 1 is 0.951 bits per heavy atom. The van der Waals surface area contributed by atoms with Crippen molar-refractivity contribution >= 4 is 22.9 Å². The molecule has 0 aliphatic rings. The number of aromatic nitrogens is 2. The van der Waals surface area contributed by atoms with Crippen LogP contribution in [0, 0.1) is 19.8 Å². The molecule has 0 bridgehead atoms. The average Bonchev–Trinajstić information content (AvgIpc) is 3.34. The van der Waals surface area contributed by atoms with Crippen LogP contribution in [0.4, 0.5) is 0 Å². The number of hydrogen-bond acceptors (Lipinski definition) is 4. The molecule has 6 heteroatoms. The maximum Gasteiger partial charge on any atom is 0.303 e. The predicted octanol–water partition coefficient (Wildman–Crippen LogP) is 9.05. The van der Waals surface area contributed by atoms with Crippen LogP contribution < -0.4 is 0 Å². The fourth-order valence-corrected chi connectivity index (χ4v) is 4.40. The maximum atomic E-state index is 12.2. The topological polar surface area (TPSA) is 75.3 Å². The molecule has 6 nitrogen and oxygen atoms in total. The largest absolute Gasteiger partial charge is 0.460 e. The Balaban J connectivity index is 0.000000329. The van der Waals surface area contributed by atoms with E-state index in [1.54, 1.807) is 0 Å². The third kappa shape index (κ3) is 13.8. The van der Waals surface area contributed by atoms with Crippen LogP contribution in [-0.2, 0) is 14.3 Å². The molecular weight excluding hydrogens is 510 g/mol. The highest BCUT2D eigenvalue weighted by Crippen LogP contribution is 2.24. The van der Waals surface area contributed by atoms with E-state index in [4.69, 9.17) is 4.74 Å². The van der Waals surface area contributed by atoms with Crippen molar-refractivity contribution in [2.24, 2.45) is 5.92 Å². The summed E-state index contributed by atoms with van der Waals surface area (Å²) in [5, 5.41) is 0. The number of nitrogens with zero attached hydrogens (tertiary/aromatic N) is 2. The van der Waals surface area contributed by atoms with E-state index in [0.717, 1.165) is 55.6 Å². The van der Waals surface area contributed by atoms with E-state index in [2.05, 4.69) is 80.7 Å². The number of carbonyl (C=O) groups excluding carboxylic acids is 2. The Kier molecular flexibility index (Phi) is 16.0. The van der Waals surface area contributed by atoms with Gasteiger partial charge in [-0.1, -0.05) is 76.8 Å². The van der Waals surface area contributed by atoms with E-state index >= 15 is 0 Å². The van der Waals surface area contributed by atoms with Gasteiger partial charge in [-0.2, -0.15) is 0 Å². The molecule has 1 heterocycles. The fraction of sp³-hybridized carbons (Fsp3) is 0.571. The highest BCUT2D eigenvalue weighted by molar-refractivity contribution is 5.80.